The van der Waals surface area contributed by atoms with Gasteiger partial charge in [-0.05, 0) is 63.8 Å². The lowest BCUT2D eigenvalue weighted by Gasteiger charge is -2.38. The molecule has 5 atom stereocenters. The van der Waals surface area contributed by atoms with Crippen molar-refractivity contribution in [2.24, 2.45) is 5.92 Å². The number of hydrogen-bond acceptors (Lipinski definition) is 6. The molecule has 5 rings (SSSR count). The lowest BCUT2D eigenvalue weighted by molar-refractivity contribution is -0.363. The Kier molecular flexibility index (Phi) is 6.96. The lowest BCUT2D eigenvalue weighted by atomic mass is 9.80. The van der Waals surface area contributed by atoms with Crippen LogP contribution in [0.25, 0.3) is 5.57 Å². The van der Waals surface area contributed by atoms with E-state index in [1.54, 1.807) is 20.0 Å². The van der Waals surface area contributed by atoms with Gasteiger partial charge in [-0.3, -0.25) is 4.68 Å². The Hall–Kier alpha value is -2.67. The lowest BCUT2D eigenvalue weighted by Crippen LogP contribution is -2.53. The number of aliphatic hydroxyl groups excluding tert-OH is 4. The zero-order chi connectivity index (χ0) is 27.5. The molecule has 0 saturated heterocycles. The minimum absolute atomic E-state index is 0.0128. The van der Waals surface area contributed by atoms with Crippen LogP contribution < -0.4 is 0 Å². The second-order valence-corrected chi connectivity index (χ2v) is 11.1. The average Bonchev–Trinajstić information content (AvgIpc) is 3.50. The summed E-state index contributed by atoms with van der Waals surface area (Å²) in [6.45, 7) is 3.46. The maximum atomic E-state index is 15.7. The number of halogens is 2. The van der Waals surface area contributed by atoms with Crippen molar-refractivity contribution in [1.82, 2.24) is 19.5 Å². The fourth-order valence-electron chi connectivity index (χ4n) is 6.53. The van der Waals surface area contributed by atoms with Crippen LogP contribution in [0.15, 0.2) is 29.6 Å². The number of fused-ring (bicyclic) bond motifs is 2. The first-order chi connectivity index (χ1) is 17.9. The Balaban J connectivity index is 1.27. The van der Waals surface area contributed by atoms with Gasteiger partial charge in [-0.15, -0.1) is 5.10 Å². The van der Waals surface area contributed by atoms with Crippen molar-refractivity contribution in [2.75, 3.05) is 0 Å². The van der Waals surface area contributed by atoms with E-state index in [0.29, 0.717) is 35.6 Å². The summed E-state index contributed by atoms with van der Waals surface area (Å²) in [6, 6.07) is 1.83. The van der Waals surface area contributed by atoms with Crippen molar-refractivity contribution in [1.29, 1.82) is 0 Å². The van der Waals surface area contributed by atoms with Crippen molar-refractivity contribution in [2.45, 2.75) is 90.8 Å². The van der Waals surface area contributed by atoms with Crippen molar-refractivity contribution < 1.29 is 33.5 Å². The van der Waals surface area contributed by atoms with Gasteiger partial charge in [0.15, 0.2) is 5.70 Å². The first kappa shape index (κ1) is 26.9. The van der Waals surface area contributed by atoms with Gasteiger partial charge < -0.3 is 38.0 Å². The molecule has 12 heteroatoms. The summed E-state index contributed by atoms with van der Waals surface area (Å²) in [5.41, 5.74) is 5.78. The second kappa shape index (κ2) is 9.82. The summed E-state index contributed by atoms with van der Waals surface area (Å²) >= 11 is 0. The Morgan fingerprint density at radius 1 is 1.03 bits per heavy atom. The van der Waals surface area contributed by atoms with Crippen LogP contribution in [-0.2, 0) is 13.0 Å². The number of allylic oxidation sites excluding steroid dienone is 3. The number of hydrogen-bond donors (Lipinski definition) is 4. The van der Waals surface area contributed by atoms with E-state index >= 15 is 8.63 Å². The fraction of sp³-hybridized carbons (Fsp3) is 0.577. The van der Waals surface area contributed by atoms with Crippen LogP contribution in [0.2, 0.25) is 0 Å². The highest BCUT2D eigenvalue weighted by Gasteiger charge is 2.54. The summed E-state index contributed by atoms with van der Waals surface area (Å²) in [5.74, 6) is -0.670. The molecular formula is C26H36BF2N5O4. The molecule has 2 aliphatic heterocycles. The van der Waals surface area contributed by atoms with Crippen molar-refractivity contribution >= 4 is 18.3 Å². The van der Waals surface area contributed by atoms with Crippen LogP contribution in [0.4, 0.5) is 8.63 Å². The van der Waals surface area contributed by atoms with Crippen molar-refractivity contribution in [3.8, 4) is 0 Å². The quantitative estimate of drug-likeness (QED) is 0.321. The first-order valence-corrected chi connectivity index (χ1v) is 13.3. The van der Waals surface area contributed by atoms with Crippen molar-refractivity contribution in [3.05, 3.63) is 52.3 Å². The van der Waals surface area contributed by atoms with E-state index in [2.05, 4.69) is 10.3 Å². The van der Waals surface area contributed by atoms with Gasteiger partial charge in [-0.2, -0.15) is 0 Å². The van der Waals surface area contributed by atoms with Gasteiger partial charge in [0.2, 0.25) is 0 Å². The van der Waals surface area contributed by atoms with Gasteiger partial charge in [0, 0.05) is 48.4 Å². The Labute approximate surface area is 220 Å². The number of unbranched alkanes of at least 4 members (excludes halogenated alkanes) is 1. The molecule has 1 fully saturated rings. The highest BCUT2D eigenvalue weighted by atomic mass is 19.2. The standard InChI is InChI=1S/C26H36BF2N5O4/c1-14-9-16(3)33-23(14)19(24-15(2)10-17(4)34(24)27(33,28)29)8-6-5-7-18-12-32(31-30-18)13-20-21(35)11-22(36)26(38)25(20)37/h9-10,12,20-22,25-26,35-38H,5-8,11,13H2,1-4H3/t20-,21-,22-,25+,26+/m0/s1. The van der Waals surface area contributed by atoms with E-state index in [1.165, 1.54) is 13.6 Å². The van der Waals surface area contributed by atoms with E-state index in [1.807, 2.05) is 26.0 Å². The van der Waals surface area contributed by atoms with Crippen LogP contribution in [0, 0.1) is 19.8 Å². The molecule has 38 heavy (non-hydrogen) atoms. The summed E-state index contributed by atoms with van der Waals surface area (Å²) in [5, 5.41) is 48.5. The molecule has 206 valence electrons. The average molecular weight is 531 g/mol. The van der Waals surface area contributed by atoms with Crippen LogP contribution in [0.3, 0.4) is 0 Å². The first-order valence-electron chi connectivity index (χ1n) is 13.3. The maximum Gasteiger partial charge on any atom is 0.737 e. The molecule has 9 nitrogen and oxygen atoms in total. The SMILES string of the molecule is CC1=CC(C)=[N+]2C1=C(CCCCc1cn(C[C@@H]3[C@@H](O)[C@H](O)[C@@H](O)C[C@@H]3O)nn1)c1c(C)cc(C)n1[B-]2(F)F. The minimum Gasteiger partial charge on any atom is -0.394 e. The third kappa shape index (κ3) is 4.37. The van der Waals surface area contributed by atoms with Gasteiger partial charge in [0.05, 0.1) is 30.6 Å². The predicted octanol–water partition coefficient (Wildman–Crippen LogP) is 1.95. The molecule has 0 amide bonds. The number of nitrogens with zero attached hydrogens (tertiary/aromatic N) is 5. The Morgan fingerprint density at radius 2 is 1.74 bits per heavy atom. The topological polar surface area (TPSA) is 120 Å². The van der Waals surface area contributed by atoms with Crippen molar-refractivity contribution in [3.63, 3.8) is 0 Å². The molecule has 0 spiro atoms. The van der Waals surface area contributed by atoms with Gasteiger partial charge >= 0.3 is 6.97 Å². The van der Waals surface area contributed by atoms with Gasteiger partial charge in [0.1, 0.15) is 11.8 Å². The van der Waals surface area contributed by atoms with Crippen LogP contribution in [0.1, 0.15) is 62.2 Å². The fourth-order valence-corrected chi connectivity index (χ4v) is 6.53. The third-order valence-corrected chi connectivity index (χ3v) is 8.29. The van der Waals surface area contributed by atoms with Crippen LogP contribution >= 0.6 is 0 Å². The molecule has 0 aromatic carbocycles. The van der Waals surface area contributed by atoms with Gasteiger partial charge in [-0.25, -0.2) is 0 Å². The highest BCUT2D eigenvalue weighted by Crippen LogP contribution is 2.43. The maximum absolute atomic E-state index is 15.7. The Morgan fingerprint density at radius 3 is 2.47 bits per heavy atom. The van der Waals surface area contributed by atoms with E-state index in [4.69, 9.17) is 0 Å². The number of aryl methyl sites for hydroxylation is 3. The smallest absolute Gasteiger partial charge is 0.394 e. The number of aliphatic hydroxyl groups is 4. The molecule has 4 N–H and O–H groups in total. The van der Waals surface area contributed by atoms with E-state index < -0.39 is 37.3 Å². The Bertz CT molecular complexity index is 1350. The molecule has 0 unspecified atom stereocenters. The van der Waals surface area contributed by atoms with Gasteiger partial charge in [-0.1, -0.05) is 5.21 Å². The zero-order valence-electron chi connectivity index (χ0n) is 22.2. The minimum atomic E-state index is -3.96. The van der Waals surface area contributed by atoms with Crippen LogP contribution in [-0.4, -0.2) is 81.5 Å². The van der Waals surface area contributed by atoms with Crippen LogP contribution in [0.5, 0.6) is 0 Å². The summed E-state index contributed by atoms with van der Waals surface area (Å²) < 4.78 is 35.3. The molecule has 2 aromatic rings. The summed E-state index contributed by atoms with van der Waals surface area (Å²) in [4.78, 5) is 0. The zero-order valence-corrected chi connectivity index (χ0v) is 22.2. The molecule has 1 saturated carbocycles. The number of aromatic nitrogens is 4. The molecule has 3 aliphatic rings. The molecular weight excluding hydrogens is 495 g/mol. The molecule has 2 aromatic heterocycles. The molecule has 4 heterocycles. The van der Waals surface area contributed by atoms with E-state index in [9.17, 15) is 20.4 Å². The summed E-state index contributed by atoms with van der Waals surface area (Å²) in [7, 11) is 0. The van der Waals surface area contributed by atoms with Gasteiger partial charge in [0.25, 0.3) is 0 Å². The van der Waals surface area contributed by atoms with E-state index in [-0.39, 0.29) is 13.0 Å². The normalized spacial score (nSPS) is 28.6. The number of rotatable bonds is 7. The largest absolute Gasteiger partial charge is 0.737 e. The molecule has 0 bridgehead atoms. The second-order valence-electron chi connectivity index (χ2n) is 11.1. The highest BCUT2D eigenvalue weighted by molar-refractivity contribution is 6.58. The predicted molar refractivity (Wildman–Crippen MR) is 139 cm³/mol. The summed E-state index contributed by atoms with van der Waals surface area (Å²) in [6.07, 6.45) is 1.72. The molecule has 1 aliphatic carbocycles. The van der Waals surface area contributed by atoms with E-state index in [0.717, 1.165) is 35.2 Å². The molecule has 0 radical (unpaired) electrons. The monoisotopic (exact) mass is 531 g/mol. The third-order valence-electron chi connectivity index (χ3n) is 8.29.